The SMILES string of the molecule is CCCCC/C=C\C/C=C\CCCCCCCC(=O)O.CCCCCCCCCCCC(=O)N(C)CC(=O)O. The van der Waals surface area contributed by atoms with E-state index in [0.717, 1.165) is 38.5 Å². The summed E-state index contributed by atoms with van der Waals surface area (Å²) in [6.07, 6.45) is 33.7. The molecule has 6 nitrogen and oxygen atoms in total. The summed E-state index contributed by atoms with van der Waals surface area (Å²) >= 11 is 0. The Hall–Kier alpha value is -2.11. The van der Waals surface area contributed by atoms with Crippen molar-refractivity contribution in [3.05, 3.63) is 24.3 Å². The molecule has 0 bridgehead atoms. The minimum absolute atomic E-state index is 0.0645. The highest BCUT2D eigenvalue weighted by Crippen LogP contribution is 2.11. The van der Waals surface area contributed by atoms with Crippen molar-refractivity contribution < 1.29 is 24.6 Å². The Morgan fingerprint density at radius 1 is 0.538 bits per heavy atom. The quantitative estimate of drug-likeness (QED) is 0.0825. The summed E-state index contributed by atoms with van der Waals surface area (Å²) in [4.78, 5) is 33.6. The lowest BCUT2D eigenvalue weighted by atomic mass is 10.1. The number of carboxylic acid groups (broad SMARTS) is 2. The minimum Gasteiger partial charge on any atom is -0.481 e. The van der Waals surface area contributed by atoms with Gasteiger partial charge in [-0.25, -0.2) is 0 Å². The van der Waals surface area contributed by atoms with Crippen LogP contribution in [-0.4, -0.2) is 46.6 Å². The standard InChI is InChI=1S/C18H32O2.C15H29NO3/c1-2-3-4-5-6-7-8-9-10-11-12-13-14-15-16-17-18(19)20;1-3-4-5-6-7-8-9-10-11-12-14(17)16(2)13-15(18)19/h6-7,9-10H,2-5,8,11-17H2,1H3,(H,19,20);3-13H2,1-2H3,(H,18,19)/b7-6-,10-9-;. The number of rotatable bonds is 26. The molecule has 0 aromatic rings. The molecule has 0 spiro atoms. The molecule has 6 heteroatoms. The second-order valence-corrected chi connectivity index (χ2v) is 10.6. The highest BCUT2D eigenvalue weighted by Gasteiger charge is 2.11. The van der Waals surface area contributed by atoms with Crippen LogP contribution in [0, 0.1) is 0 Å². The molecule has 1 amide bonds. The van der Waals surface area contributed by atoms with E-state index in [2.05, 4.69) is 38.2 Å². The number of amides is 1. The van der Waals surface area contributed by atoms with Gasteiger partial charge in [-0.05, 0) is 44.9 Å². The van der Waals surface area contributed by atoms with Crippen LogP contribution in [0.4, 0.5) is 0 Å². The molecule has 0 radical (unpaired) electrons. The van der Waals surface area contributed by atoms with Gasteiger partial charge in [-0.1, -0.05) is 122 Å². The third-order valence-corrected chi connectivity index (χ3v) is 6.63. The van der Waals surface area contributed by atoms with E-state index in [1.54, 1.807) is 7.05 Å². The maximum absolute atomic E-state index is 11.5. The highest BCUT2D eigenvalue weighted by molar-refractivity contribution is 5.80. The molecule has 0 aromatic carbocycles. The monoisotopic (exact) mass is 551 g/mol. The number of hydrogen-bond donors (Lipinski definition) is 2. The van der Waals surface area contributed by atoms with Crippen molar-refractivity contribution in [3.63, 3.8) is 0 Å². The molecule has 0 unspecified atom stereocenters. The molecule has 0 aliphatic rings. The van der Waals surface area contributed by atoms with E-state index >= 15 is 0 Å². The highest BCUT2D eigenvalue weighted by atomic mass is 16.4. The number of unbranched alkanes of at least 4 members (excludes halogenated alkanes) is 16. The lowest BCUT2D eigenvalue weighted by molar-refractivity contribution is -0.143. The molecule has 39 heavy (non-hydrogen) atoms. The number of aliphatic carboxylic acids is 2. The molecule has 0 aliphatic heterocycles. The second kappa shape index (κ2) is 32.1. The van der Waals surface area contributed by atoms with Crippen molar-refractivity contribution in [2.75, 3.05) is 13.6 Å². The number of carbonyl (C=O) groups is 3. The molecule has 0 heterocycles. The van der Waals surface area contributed by atoms with Gasteiger partial charge < -0.3 is 15.1 Å². The molecule has 2 N–H and O–H groups in total. The van der Waals surface area contributed by atoms with Gasteiger partial charge in [0.2, 0.25) is 5.91 Å². The Morgan fingerprint density at radius 3 is 1.44 bits per heavy atom. The number of nitrogens with zero attached hydrogens (tertiary/aromatic N) is 1. The molecule has 0 rings (SSSR count). The molecular formula is C33H61NO5. The molecule has 0 atom stereocenters. The first kappa shape index (κ1) is 39.0. The van der Waals surface area contributed by atoms with E-state index in [1.807, 2.05) is 0 Å². The predicted molar refractivity (Wildman–Crippen MR) is 164 cm³/mol. The van der Waals surface area contributed by atoms with Gasteiger partial charge in [-0.2, -0.15) is 0 Å². The lowest BCUT2D eigenvalue weighted by Crippen LogP contribution is -2.31. The predicted octanol–water partition coefficient (Wildman–Crippen LogP) is 9.33. The summed E-state index contributed by atoms with van der Waals surface area (Å²) in [6.45, 7) is 4.26. The summed E-state index contributed by atoms with van der Waals surface area (Å²) in [5.41, 5.74) is 0. The summed E-state index contributed by atoms with van der Waals surface area (Å²) in [5, 5.41) is 17.1. The maximum Gasteiger partial charge on any atom is 0.323 e. The summed E-state index contributed by atoms with van der Waals surface area (Å²) in [6, 6.07) is 0. The zero-order valence-electron chi connectivity index (χ0n) is 25.6. The fraction of sp³-hybridized carbons (Fsp3) is 0.788. The molecule has 0 aliphatic carbocycles. The van der Waals surface area contributed by atoms with Gasteiger partial charge in [0.1, 0.15) is 6.54 Å². The number of allylic oxidation sites excluding steroid dienone is 4. The van der Waals surface area contributed by atoms with Crippen molar-refractivity contribution >= 4 is 17.8 Å². The molecule has 0 fully saturated rings. The second-order valence-electron chi connectivity index (χ2n) is 10.6. The zero-order chi connectivity index (χ0) is 29.4. The maximum atomic E-state index is 11.5. The van der Waals surface area contributed by atoms with E-state index in [1.165, 1.54) is 94.8 Å². The van der Waals surface area contributed by atoms with Crippen LogP contribution in [0.25, 0.3) is 0 Å². The zero-order valence-corrected chi connectivity index (χ0v) is 25.6. The molecular weight excluding hydrogens is 490 g/mol. The van der Waals surface area contributed by atoms with E-state index in [4.69, 9.17) is 10.2 Å². The molecule has 228 valence electrons. The Kier molecular flexibility index (Phi) is 32.1. The van der Waals surface area contributed by atoms with Gasteiger partial charge in [0.05, 0.1) is 0 Å². The van der Waals surface area contributed by atoms with Crippen molar-refractivity contribution in [2.24, 2.45) is 0 Å². The molecule has 0 saturated heterocycles. The van der Waals surface area contributed by atoms with E-state index in [0.29, 0.717) is 12.8 Å². The van der Waals surface area contributed by atoms with Gasteiger partial charge in [-0.15, -0.1) is 0 Å². The normalized spacial score (nSPS) is 11.1. The van der Waals surface area contributed by atoms with Gasteiger partial charge in [0.25, 0.3) is 0 Å². The lowest BCUT2D eigenvalue weighted by Gasteiger charge is -2.14. The minimum atomic E-state index is -0.956. The van der Waals surface area contributed by atoms with Crippen molar-refractivity contribution in [3.8, 4) is 0 Å². The largest absolute Gasteiger partial charge is 0.481 e. The van der Waals surface area contributed by atoms with Crippen LogP contribution >= 0.6 is 0 Å². The van der Waals surface area contributed by atoms with E-state index in [-0.39, 0.29) is 12.5 Å². The summed E-state index contributed by atoms with van der Waals surface area (Å²) in [5.74, 6) is -1.69. The van der Waals surface area contributed by atoms with Crippen molar-refractivity contribution in [1.82, 2.24) is 4.90 Å². The fourth-order valence-corrected chi connectivity index (χ4v) is 4.16. The first-order valence-electron chi connectivity index (χ1n) is 15.8. The van der Waals surface area contributed by atoms with Crippen LogP contribution < -0.4 is 0 Å². The third kappa shape index (κ3) is 35.9. The first-order valence-corrected chi connectivity index (χ1v) is 15.8. The fourth-order valence-electron chi connectivity index (χ4n) is 4.16. The van der Waals surface area contributed by atoms with Gasteiger partial charge in [0.15, 0.2) is 0 Å². The first-order chi connectivity index (χ1) is 18.8. The Bertz CT molecular complexity index is 630. The van der Waals surface area contributed by atoms with E-state index in [9.17, 15) is 14.4 Å². The van der Waals surface area contributed by atoms with Gasteiger partial charge >= 0.3 is 11.9 Å². The van der Waals surface area contributed by atoms with Gasteiger partial charge in [-0.3, -0.25) is 14.4 Å². The van der Waals surface area contributed by atoms with Crippen LogP contribution in [0.2, 0.25) is 0 Å². The number of hydrogen-bond acceptors (Lipinski definition) is 3. The topological polar surface area (TPSA) is 94.9 Å². The summed E-state index contributed by atoms with van der Waals surface area (Å²) in [7, 11) is 1.55. The van der Waals surface area contributed by atoms with Crippen LogP contribution in [0.5, 0.6) is 0 Å². The Balaban J connectivity index is 0. The number of carboxylic acids is 2. The van der Waals surface area contributed by atoms with Gasteiger partial charge in [0, 0.05) is 19.9 Å². The summed E-state index contributed by atoms with van der Waals surface area (Å²) < 4.78 is 0. The van der Waals surface area contributed by atoms with Crippen molar-refractivity contribution in [1.29, 1.82) is 0 Å². The van der Waals surface area contributed by atoms with Crippen LogP contribution in [-0.2, 0) is 14.4 Å². The van der Waals surface area contributed by atoms with Crippen LogP contribution in [0.3, 0.4) is 0 Å². The molecule has 0 aromatic heterocycles. The Labute approximate surface area is 240 Å². The number of carbonyl (C=O) groups excluding carboxylic acids is 1. The Morgan fingerprint density at radius 2 is 0.949 bits per heavy atom. The molecule has 0 saturated carbocycles. The third-order valence-electron chi connectivity index (χ3n) is 6.63. The van der Waals surface area contributed by atoms with Crippen molar-refractivity contribution in [2.45, 2.75) is 155 Å². The number of likely N-dealkylation sites (N-methyl/N-ethyl adjacent to an activating group) is 1. The average molecular weight is 552 g/mol. The van der Waals surface area contributed by atoms with Crippen LogP contribution in [0.1, 0.15) is 155 Å². The smallest absolute Gasteiger partial charge is 0.323 e. The van der Waals surface area contributed by atoms with E-state index < -0.39 is 11.9 Å². The average Bonchev–Trinajstić information content (AvgIpc) is 2.89. The van der Waals surface area contributed by atoms with Crippen LogP contribution in [0.15, 0.2) is 24.3 Å².